The van der Waals surface area contributed by atoms with Crippen LogP contribution >= 0.6 is 11.3 Å². The zero-order chi connectivity index (χ0) is 15.5. The van der Waals surface area contributed by atoms with Crippen molar-refractivity contribution in [1.29, 1.82) is 0 Å². The van der Waals surface area contributed by atoms with Crippen molar-refractivity contribution < 1.29 is 4.79 Å². The van der Waals surface area contributed by atoms with Crippen molar-refractivity contribution in [2.24, 2.45) is 7.05 Å². The molecular formula is C16H24N4OS. The average Bonchev–Trinajstić information content (AvgIpc) is 3.09. The van der Waals surface area contributed by atoms with Gasteiger partial charge in [-0.2, -0.15) is 0 Å². The maximum Gasteiger partial charge on any atom is 0.267 e. The smallest absolute Gasteiger partial charge is 0.267 e. The van der Waals surface area contributed by atoms with Crippen LogP contribution in [0.3, 0.4) is 0 Å². The van der Waals surface area contributed by atoms with Gasteiger partial charge in [0, 0.05) is 39.8 Å². The molecule has 2 aromatic heterocycles. The van der Waals surface area contributed by atoms with Gasteiger partial charge in [0.05, 0.1) is 10.2 Å². The summed E-state index contributed by atoms with van der Waals surface area (Å²) in [7, 11) is 4.12. The second-order valence-corrected chi connectivity index (χ2v) is 6.96. The summed E-state index contributed by atoms with van der Waals surface area (Å²) in [6, 6.07) is 4.04. The molecule has 0 aromatic carbocycles. The van der Waals surface area contributed by atoms with Crippen LogP contribution in [-0.4, -0.2) is 66.6 Å². The summed E-state index contributed by atoms with van der Waals surface area (Å²) in [6.45, 7) is 6.37. The molecule has 1 aliphatic heterocycles. The standard InChI is InChI=1S/C16H24N4OS/c1-18-7-9-20(10-8-18)6-3-5-17-16(21)14-12-15-13(19(14)2)4-11-22-15/h4,11-12H,3,5-10H2,1-2H3,(H,17,21). The van der Waals surface area contributed by atoms with Gasteiger partial charge in [-0.05, 0) is 37.5 Å². The zero-order valence-corrected chi connectivity index (χ0v) is 14.2. The van der Waals surface area contributed by atoms with Crippen LogP contribution in [0.2, 0.25) is 0 Å². The van der Waals surface area contributed by atoms with E-state index in [1.54, 1.807) is 11.3 Å². The summed E-state index contributed by atoms with van der Waals surface area (Å²) in [6.07, 6.45) is 1.01. The number of amides is 1. The molecule has 5 nitrogen and oxygen atoms in total. The van der Waals surface area contributed by atoms with Gasteiger partial charge >= 0.3 is 0 Å². The molecule has 3 rings (SSSR count). The van der Waals surface area contributed by atoms with Crippen molar-refractivity contribution in [2.45, 2.75) is 6.42 Å². The van der Waals surface area contributed by atoms with Crippen molar-refractivity contribution in [3.63, 3.8) is 0 Å². The SMILES string of the molecule is CN1CCN(CCCNC(=O)c2cc3sccc3n2C)CC1. The number of carbonyl (C=O) groups is 1. The van der Waals surface area contributed by atoms with E-state index in [2.05, 4.69) is 33.6 Å². The Balaban J connectivity index is 1.44. The van der Waals surface area contributed by atoms with Gasteiger partial charge < -0.3 is 19.7 Å². The fraction of sp³-hybridized carbons (Fsp3) is 0.562. The number of nitrogens with zero attached hydrogens (tertiary/aromatic N) is 3. The largest absolute Gasteiger partial charge is 0.351 e. The summed E-state index contributed by atoms with van der Waals surface area (Å²) in [5, 5.41) is 5.10. The van der Waals surface area contributed by atoms with Gasteiger partial charge in [-0.1, -0.05) is 0 Å². The second kappa shape index (κ2) is 6.81. The van der Waals surface area contributed by atoms with E-state index in [1.807, 2.05) is 17.7 Å². The minimum absolute atomic E-state index is 0.0317. The normalized spacial score (nSPS) is 17.2. The number of rotatable bonds is 5. The van der Waals surface area contributed by atoms with E-state index in [0.717, 1.165) is 56.9 Å². The molecule has 0 atom stereocenters. The number of nitrogens with one attached hydrogen (secondary N) is 1. The van der Waals surface area contributed by atoms with E-state index >= 15 is 0 Å². The molecule has 22 heavy (non-hydrogen) atoms. The van der Waals surface area contributed by atoms with E-state index < -0.39 is 0 Å². The first-order valence-electron chi connectivity index (χ1n) is 7.87. The Morgan fingerprint density at radius 3 is 2.77 bits per heavy atom. The highest BCUT2D eigenvalue weighted by Crippen LogP contribution is 2.23. The molecule has 1 saturated heterocycles. The van der Waals surface area contributed by atoms with E-state index in [1.165, 1.54) is 4.70 Å². The lowest BCUT2D eigenvalue weighted by Gasteiger charge is -2.32. The van der Waals surface area contributed by atoms with Crippen molar-refractivity contribution >= 4 is 27.5 Å². The number of likely N-dealkylation sites (N-methyl/N-ethyl adjacent to an activating group) is 1. The number of thiophene rings is 1. The van der Waals surface area contributed by atoms with Gasteiger partial charge in [-0.15, -0.1) is 11.3 Å². The Kier molecular flexibility index (Phi) is 4.81. The molecule has 1 N–H and O–H groups in total. The Bertz CT molecular complexity index is 640. The summed E-state index contributed by atoms with van der Waals surface area (Å²) < 4.78 is 3.15. The number of piperazine rings is 1. The molecule has 120 valence electrons. The van der Waals surface area contributed by atoms with Crippen LogP contribution in [0.1, 0.15) is 16.9 Å². The molecule has 1 fully saturated rings. The Labute approximate surface area is 135 Å². The van der Waals surface area contributed by atoms with Gasteiger partial charge in [0.1, 0.15) is 5.69 Å². The van der Waals surface area contributed by atoms with Crippen LogP contribution in [0.25, 0.3) is 10.2 Å². The van der Waals surface area contributed by atoms with Crippen molar-refractivity contribution in [3.05, 3.63) is 23.2 Å². The molecule has 0 radical (unpaired) electrons. The number of aromatic nitrogens is 1. The van der Waals surface area contributed by atoms with Crippen LogP contribution < -0.4 is 5.32 Å². The molecule has 3 heterocycles. The van der Waals surface area contributed by atoms with Crippen LogP contribution in [-0.2, 0) is 7.05 Å². The Morgan fingerprint density at radius 2 is 2.05 bits per heavy atom. The lowest BCUT2D eigenvalue weighted by atomic mass is 10.3. The number of carbonyl (C=O) groups excluding carboxylic acids is 1. The molecule has 1 aliphatic rings. The zero-order valence-electron chi connectivity index (χ0n) is 13.3. The molecule has 6 heteroatoms. The molecule has 2 aromatic rings. The maximum absolute atomic E-state index is 12.3. The number of hydrogen-bond donors (Lipinski definition) is 1. The second-order valence-electron chi connectivity index (χ2n) is 6.01. The summed E-state index contributed by atoms with van der Waals surface area (Å²) >= 11 is 1.68. The highest BCUT2D eigenvalue weighted by atomic mass is 32.1. The quantitative estimate of drug-likeness (QED) is 0.851. The molecule has 0 unspecified atom stereocenters. The minimum atomic E-state index is 0.0317. The Hall–Kier alpha value is -1.37. The fourth-order valence-electron chi connectivity index (χ4n) is 2.93. The van der Waals surface area contributed by atoms with Crippen LogP contribution in [0.4, 0.5) is 0 Å². The molecular weight excluding hydrogens is 296 g/mol. The molecule has 0 saturated carbocycles. The monoisotopic (exact) mass is 320 g/mol. The fourth-order valence-corrected chi connectivity index (χ4v) is 3.78. The third-order valence-electron chi connectivity index (χ3n) is 4.43. The topological polar surface area (TPSA) is 40.5 Å². The number of aryl methyl sites for hydroxylation is 1. The molecule has 1 amide bonds. The highest BCUT2D eigenvalue weighted by Gasteiger charge is 2.15. The third-order valence-corrected chi connectivity index (χ3v) is 5.28. The van der Waals surface area contributed by atoms with Gasteiger partial charge in [-0.3, -0.25) is 4.79 Å². The van der Waals surface area contributed by atoms with Crippen molar-refractivity contribution in [2.75, 3.05) is 46.3 Å². The average molecular weight is 320 g/mol. The third kappa shape index (κ3) is 3.34. The summed E-state index contributed by atoms with van der Waals surface area (Å²) in [5.74, 6) is 0.0317. The van der Waals surface area contributed by atoms with Crippen molar-refractivity contribution in [3.8, 4) is 0 Å². The Morgan fingerprint density at radius 1 is 1.27 bits per heavy atom. The summed E-state index contributed by atoms with van der Waals surface area (Å²) in [5.41, 5.74) is 1.88. The lowest BCUT2D eigenvalue weighted by molar-refractivity contribution is 0.0942. The first kappa shape index (κ1) is 15.5. The maximum atomic E-state index is 12.3. The molecule has 0 aliphatic carbocycles. The van der Waals surface area contributed by atoms with E-state index in [9.17, 15) is 4.79 Å². The van der Waals surface area contributed by atoms with Gasteiger partial charge in [-0.25, -0.2) is 0 Å². The first-order chi connectivity index (χ1) is 10.6. The number of fused-ring (bicyclic) bond motifs is 1. The van der Waals surface area contributed by atoms with E-state index in [-0.39, 0.29) is 5.91 Å². The highest BCUT2D eigenvalue weighted by molar-refractivity contribution is 7.17. The molecule has 0 spiro atoms. The van der Waals surface area contributed by atoms with Crippen LogP contribution in [0.15, 0.2) is 17.5 Å². The predicted molar refractivity (Wildman–Crippen MR) is 91.7 cm³/mol. The van der Waals surface area contributed by atoms with E-state index in [0.29, 0.717) is 0 Å². The minimum Gasteiger partial charge on any atom is -0.351 e. The van der Waals surface area contributed by atoms with Gasteiger partial charge in [0.25, 0.3) is 5.91 Å². The van der Waals surface area contributed by atoms with Gasteiger partial charge in [0.2, 0.25) is 0 Å². The van der Waals surface area contributed by atoms with Crippen molar-refractivity contribution in [1.82, 2.24) is 19.7 Å². The molecule has 0 bridgehead atoms. The lowest BCUT2D eigenvalue weighted by Crippen LogP contribution is -2.45. The first-order valence-corrected chi connectivity index (χ1v) is 8.75. The number of hydrogen-bond acceptors (Lipinski definition) is 4. The van der Waals surface area contributed by atoms with Crippen LogP contribution in [0, 0.1) is 0 Å². The summed E-state index contributed by atoms with van der Waals surface area (Å²) in [4.78, 5) is 17.1. The van der Waals surface area contributed by atoms with E-state index in [4.69, 9.17) is 0 Å². The van der Waals surface area contributed by atoms with Crippen LogP contribution in [0.5, 0.6) is 0 Å². The van der Waals surface area contributed by atoms with Gasteiger partial charge in [0.15, 0.2) is 0 Å². The predicted octanol–water partition coefficient (Wildman–Crippen LogP) is 1.61.